The first-order valence-corrected chi connectivity index (χ1v) is 11.2. The lowest BCUT2D eigenvalue weighted by Gasteiger charge is -2.19. The summed E-state index contributed by atoms with van der Waals surface area (Å²) in [4.78, 5) is 6.88. The summed E-state index contributed by atoms with van der Waals surface area (Å²) in [6, 6.07) is 19.3. The van der Waals surface area contributed by atoms with Crippen LogP contribution < -0.4 is 10.5 Å². The molecule has 1 aromatic heterocycles. The molecule has 1 aliphatic rings. The first-order valence-electron chi connectivity index (χ1n) is 11.2. The van der Waals surface area contributed by atoms with Crippen LogP contribution in [0.15, 0.2) is 60.8 Å². The molecule has 31 heavy (non-hydrogen) atoms. The van der Waals surface area contributed by atoms with Crippen LogP contribution in [-0.4, -0.2) is 23.0 Å². The Labute approximate surface area is 186 Å². The lowest BCUT2D eigenvalue weighted by atomic mass is 9.87. The third kappa shape index (κ3) is 5.45. The summed E-state index contributed by atoms with van der Waals surface area (Å²) in [5.74, 6) is 1.04. The minimum Gasteiger partial charge on any atom is -0.485 e. The van der Waals surface area contributed by atoms with Crippen LogP contribution in [0.25, 0.3) is 11.1 Å². The minimum absolute atomic E-state index is 0.145. The van der Waals surface area contributed by atoms with Crippen LogP contribution in [0.1, 0.15) is 50.3 Å². The third-order valence-electron chi connectivity index (χ3n) is 5.99. The van der Waals surface area contributed by atoms with Gasteiger partial charge in [-0.05, 0) is 59.7 Å². The van der Waals surface area contributed by atoms with E-state index in [0.717, 1.165) is 23.2 Å². The van der Waals surface area contributed by atoms with Crippen LogP contribution in [0.2, 0.25) is 0 Å². The van der Waals surface area contributed by atoms with Crippen LogP contribution in [0.5, 0.6) is 5.75 Å². The Hall–Kier alpha value is -2.85. The number of ether oxygens (including phenoxy) is 1. The van der Waals surface area contributed by atoms with Gasteiger partial charge >= 0.3 is 0 Å². The minimum atomic E-state index is 0.145. The van der Waals surface area contributed by atoms with Gasteiger partial charge in [-0.15, -0.1) is 0 Å². The molecule has 1 fully saturated rings. The van der Waals surface area contributed by atoms with Crippen molar-refractivity contribution in [2.45, 2.75) is 52.2 Å². The Balaban J connectivity index is 1.43. The van der Waals surface area contributed by atoms with Gasteiger partial charge in [-0.2, -0.15) is 0 Å². The Bertz CT molecular complexity index is 998. The molecule has 2 heterocycles. The molecule has 2 aromatic carbocycles. The number of nitrogen functional groups attached to an aromatic ring is 1. The number of nitrogens with two attached hydrogens (primary N) is 1. The topological polar surface area (TPSA) is 51.4 Å². The van der Waals surface area contributed by atoms with E-state index in [2.05, 4.69) is 79.2 Å². The van der Waals surface area contributed by atoms with Crippen LogP contribution in [-0.2, 0) is 18.6 Å². The number of benzene rings is 2. The molecule has 2 N–H and O–H groups in total. The number of rotatable bonds is 6. The van der Waals surface area contributed by atoms with Gasteiger partial charge in [0, 0.05) is 18.3 Å². The smallest absolute Gasteiger partial charge is 0.166 e. The second-order valence-electron chi connectivity index (χ2n) is 9.52. The number of anilines is 1. The molecular formula is C27H33N3O. The van der Waals surface area contributed by atoms with Crippen molar-refractivity contribution in [1.29, 1.82) is 0 Å². The standard InChI is InChI=1S/C27H33N3O/c1-27(2,3)24-12-8-21(9-13-24)19-31-25-16-23(17-29-26(25)28)22-10-6-20(7-11-22)18-30-14-4-5-15-30/h6-13,16-17H,4-5,14-15,18-19H2,1-3H3,(H2,28,29). The average molecular weight is 416 g/mol. The normalized spacial score (nSPS) is 14.7. The fraction of sp³-hybridized carbons (Fsp3) is 0.370. The molecule has 0 radical (unpaired) electrons. The molecule has 162 valence electrons. The molecule has 4 heteroatoms. The number of aromatic nitrogens is 1. The molecular weight excluding hydrogens is 382 g/mol. The maximum atomic E-state index is 6.09. The van der Waals surface area contributed by atoms with Gasteiger partial charge < -0.3 is 10.5 Å². The van der Waals surface area contributed by atoms with Gasteiger partial charge in [0.1, 0.15) is 6.61 Å². The molecule has 4 nitrogen and oxygen atoms in total. The van der Waals surface area contributed by atoms with Crippen LogP contribution >= 0.6 is 0 Å². The summed E-state index contributed by atoms with van der Waals surface area (Å²) in [6.07, 6.45) is 4.45. The zero-order valence-corrected chi connectivity index (χ0v) is 18.9. The highest BCUT2D eigenvalue weighted by molar-refractivity contribution is 5.67. The number of pyridine rings is 1. The zero-order valence-electron chi connectivity index (χ0n) is 18.9. The van der Waals surface area contributed by atoms with E-state index in [1.165, 1.54) is 37.1 Å². The van der Waals surface area contributed by atoms with Crippen molar-refractivity contribution in [3.05, 3.63) is 77.5 Å². The SMILES string of the molecule is CC(C)(C)c1ccc(COc2cc(-c3ccc(CN4CCCC4)cc3)cnc2N)cc1. The van der Waals surface area contributed by atoms with Crippen LogP contribution in [0, 0.1) is 0 Å². The van der Waals surface area contributed by atoms with Crippen molar-refractivity contribution in [2.75, 3.05) is 18.8 Å². The molecule has 0 unspecified atom stereocenters. The molecule has 0 aliphatic carbocycles. The fourth-order valence-electron chi connectivity index (χ4n) is 3.99. The molecule has 0 bridgehead atoms. The summed E-state index contributed by atoms with van der Waals surface area (Å²) in [7, 11) is 0. The predicted octanol–water partition coefficient (Wildman–Crippen LogP) is 5.80. The summed E-state index contributed by atoms with van der Waals surface area (Å²) in [6.45, 7) is 10.6. The van der Waals surface area contributed by atoms with E-state index in [-0.39, 0.29) is 5.41 Å². The van der Waals surface area contributed by atoms with E-state index >= 15 is 0 Å². The number of likely N-dealkylation sites (tertiary alicyclic amines) is 1. The summed E-state index contributed by atoms with van der Waals surface area (Å²) < 4.78 is 6.03. The predicted molar refractivity (Wildman–Crippen MR) is 128 cm³/mol. The molecule has 4 rings (SSSR count). The van der Waals surface area contributed by atoms with Gasteiger partial charge in [0.05, 0.1) is 0 Å². The molecule has 0 atom stereocenters. The van der Waals surface area contributed by atoms with Crippen molar-refractivity contribution < 1.29 is 4.74 Å². The molecule has 0 saturated carbocycles. The van der Waals surface area contributed by atoms with E-state index < -0.39 is 0 Å². The largest absolute Gasteiger partial charge is 0.485 e. The van der Waals surface area contributed by atoms with Crippen molar-refractivity contribution in [1.82, 2.24) is 9.88 Å². The quantitative estimate of drug-likeness (QED) is 0.552. The van der Waals surface area contributed by atoms with E-state index in [4.69, 9.17) is 10.5 Å². The molecule has 3 aromatic rings. The second kappa shape index (κ2) is 9.11. The Morgan fingerprint density at radius 3 is 2.19 bits per heavy atom. The maximum Gasteiger partial charge on any atom is 0.166 e. The summed E-state index contributed by atoms with van der Waals surface area (Å²) in [5, 5.41) is 0. The molecule has 0 spiro atoms. The highest BCUT2D eigenvalue weighted by Gasteiger charge is 2.14. The van der Waals surface area contributed by atoms with Gasteiger partial charge in [0.25, 0.3) is 0 Å². The van der Waals surface area contributed by atoms with Gasteiger partial charge in [-0.3, -0.25) is 4.90 Å². The van der Waals surface area contributed by atoms with Crippen molar-refractivity contribution in [3.8, 4) is 16.9 Å². The van der Waals surface area contributed by atoms with Crippen molar-refractivity contribution in [2.24, 2.45) is 0 Å². The molecule has 1 saturated heterocycles. The lowest BCUT2D eigenvalue weighted by molar-refractivity contribution is 0.307. The van der Waals surface area contributed by atoms with E-state index in [1.807, 2.05) is 12.3 Å². The third-order valence-corrected chi connectivity index (χ3v) is 5.99. The fourth-order valence-corrected chi connectivity index (χ4v) is 3.99. The van der Waals surface area contributed by atoms with Gasteiger partial charge in [0.15, 0.2) is 11.6 Å². The Morgan fingerprint density at radius 1 is 0.903 bits per heavy atom. The van der Waals surface area contributed by atoms with Crippen molar-refractivity contribution in [3.63, 3.8) is 0 Å². The van der Waals surface area contributed by atoms with Gasteiger partial charge in [-0.1, -0.05) is 69.3 Å². The highest BCUT2D eigenvalue weighted by atomic mass is 16.5. The highest BCUT2D eigenvalue weighted by Crippen LogP contribution is 2.29. The monoisotopic (exact) mass is 415 g/mol. The number of hydrogen-bond donors (Lipinski definition) is 1. The first kappa shape index (κ1) is 21.4. The van der Waals surface area contributed by atoms with Gasteiger partial charge in [-0.25, -0.2) is 4.98 Å². The zero-order chi connectivity index (χ0) is 21.8. The number of hydrogen-bond acceptors (Lipinski definition) is 4. The maximum absolute atomic E-state index is 6.09. The molecule has 0 amide bonds. The van der Waals surface area contributed by atoms with E-state index in [0.29, 0.717) is 18.2 Å². The Kier molecular flexibility index (Phi) is 6.28. The van der Waals surface area contributed by atoms with Gasteiger partial charge in [0.2, 0.25) is 0 Å². The summed E-state index contributed by atoms with van der Waals surface area (Å²) in [5.41, 5.74) is 12.1. The van der Waals surface area contributed by atoms with Crippen LogP contribution in [0.4, 0.5) is 5.82 Å². The molecule has 1 aliphatic heterocycles. The van der Waals surface area contributed by atoms with Crippen molar-refractivity contribution >= 4 is 5.82 Å². The lowest BCUT2D eigenvalue weighted by Crippen LogP contribution is -2.18. The summed E-state index contributed by atoms with van der Waals surface area (Å²) >= 11 is 0. The second-order valence-corrected chi connectivity index (χ2v) is 9.52. The Morgan fingerprint density at radius 2 is 1.55 bits per heavy atom. The average Bonchev–Trinajstić information content (AvgIpc) is 3.26. The van der Waals surface area contributed by atoms with Crippen LogP contribution in [0.3, 0.4) is 0 Å². The first-order chi connectivity index (χ1) is 14.9. The van der Waals surface area contributed by atoms with E-state index in [9.17, 15) is 0 Å². The van der Waals surface area contributed by atoms with E-state index in [1.54, 1.807) is 0 Å². The number of nitrogens with zero attached hydrogens (tertiary/aromatic N) is 2.